The zero-order valence-corrected chi connectivity index (χ0v) is 10.4. The Bertz CT molecular complexity index is 375. The number of carbonyl (C=O) groups is 1. The van der Waals surface area contributed by atoms with E-state index in [0.29, 0.717) is 5.41 Å². The van der Waals surface area contributed by atoms with Gasteiger partial charge in [-0.3, -0.25) is 0 Å². The highest BCUT2D eigenvalue weighted by Crippen LogP contribution is 2.58. The number of hydrogen-bond acceptors (Lipinski definition) is 1. The van der Waals surface area contributed by atoms with Crippen LogP contribution in [0.3, 0.4) is 0 Å². The molecule has 0 amide bonds. The Kier molecular flexibility index (Phi) is 2.88. The minimum absolute atomic E-state index is 0.128. The molecule has 1 heteroatoms. The van der Waals surface area contributed by atoms with Crippen LogP contribution in [0.4, 0.5) is 0 Å². The van der Waals surface area contributed by atoms with Crippen molar-refractivity contribution in [1.29, 1.82) is 0 Å². The maximum Gasteiger partial charge on any atom is 0.123 e. The molecule has 0 spiro atoms. The van der Waals surface area contributed by atoms with Gasteiger partial charge in [0.05, 0.1) is 0 Å². The van der Waals surface area contributed by atoms with Crippen LogP contribution < -0.4 is 0 Å². The Morgan fingerprint density at radius 2 is 1.94 bits per heavy atom. The van der Waals surface area contributed by atoms with Gasteiger partial charge in [0, 0.05) is 5.92 Å². The molecule has 0 heterocycles. The van der Waals surface area contributed by atoms with Crippen molar-refractivity contribution in [2.24, 2.45) is 11.3 Å². The molecule has 1 nitrogen and oxygen atoms in total. The predicted molar refractivity (Wildman–Crippen MR) is 66.5 cm³/mol. The number of benzene rings is 1. The van der Waals surface area contributed by atoms with Gasteiger partial charge in [0.1, 0.15) is 6.29 Å². The van der Waals surface area contributed by atoms with Gasteiger partial charge in [-0.05, 0) is 35.3 Å². The van der Waals surface area contributed by atoms with E-state index in [-0.39, 0.29) is 5.92 Å². The average Bonchev–Trinajstić information content (AvgIpc) is 2.89. The standard InChI is InChI=1S/C15H20O/c1-11(10-16)8-12-4-6-13(7-5-12)14-9-15(14,2)3/h4-7,10-11,14H,8-9H2,1-3H3. The molecule has 0 aromatic heterocycles. The summed E-state index contributed by atoms with van der Waals surface area (Å²) in [5, 5.41) is 0. The van der Waals surface area contributed by atoms with E-state index in [0.717, 1.165) is 18.6 Å². The zero-order chi connectivity index (χ0) is 11.8. The fourth-order valence-corrected chi connectivity index (χ4v) is 2.34. The molecule has 86 valence electrons. The van der Waals surface area contributed by atoms with E-state index < -0.39 is 0 Å². The first kappa shape index (κ1) is 11.4. The van der Waals surface area contributed by atoms with Crippen LogP contribution in [-0.4, -0.2) is 6.29 Å². The van der Waals surface area contributed by atoms with Crippen LogP contribution >= 0.6 is 0 Å². The summed E-state index contributed by atoms with van der Waals surface area (Å²) < 4.78 is 0. The SMILES string of the molecule is CC(C=O)Cc1ccc(C2CC2(C)C)cc1. The third kappa shape index (κ3) is 2.34. The Hall–Kier alpha value is -1.11. The largest absolute Gasteiger partial charge is 0.303 e. The van der Waals surface area contributed by atoms with Crippen LogP contribution in [0.25, 0.3) is 0 Å². The van der Waals surface area contributed by atoms with E-state index in [2.05, 4.69) is 38.1 Å². The molecule has 0 saturated heterocycles. The highest BCUT2D eigenvalue weighted by Gasteiger charge is 2.46. The van der Waals surface area contributed by atoms with Crippen molar-refractivity contribution < 1.29 is 4.79 Å². The summed E-state index contributed by atoms with van der Waals surface area (Å²) in [5.41, 5.74) is 3.21. The summed E-state index contributed by atoms with van der Waals surface area (Å²) in [6, 6.07) is 8.80. The number of rotatable bonds is 4. The maximum absolute atomic E-state index is 10.6. The molecular formula is C15H20O. The fourth-order valence-electron chi connectivity index (χ4n) is 2.34. The summed E-state index contributed by atoms with van der Waals surface area (Å²) in [6.45, 7) is 6.60. The second kappa shape index (κ2) is 4.04. The van der Waals surface area contributed by atoms with E-state index in [1.807, 2.05) is 6.92 Å². The Balaban J connectivity index is 2.03. The van der Waals surface area contributed by atoms with Gasteiger partial charge in [-0.1, -0.05) is 45.0 Å². The van der Waals surface area contributed by atoms with Crippen molar-refractivity contribution in [2.75, 3.05) is 0 Å². The Morgan fingerprint density at radius 3 is 2.38 bits per heavy atom. The van der Waals surface area contributed by atoms with Crippen molar-refractivity contribution in [2.45, 2.75) is 39.5 Å². The topological polar surface area (TPSA) is 17.1 Å². The molecule has 2 rings (SSSR count). The van der Waals surface area contributed by atoms with Gasteiger partial charge >= 0.3 is 0 Å². The third-order valence-electron chi connectivity index (χ3n) is 3.69. The highest BCUT2D eigenvalue weighted by atomic mass is 16.1. The summed E-state index contributed by atoms with van der Waals surface area (Å²) in [5.74, 6) is 0.869. The second-order valence-electron chi connectivity index (χ2n) is 5.80. The normalized spacial score (nSPS) is 23.8. The first-order chi connectivity index (χ1) is 7.53. The van der Waals surface area contributed by atoms with Gasteiger partial charge in [-0.2, -0.15) is 0 Å². The van der Waals surface area contributed by atoms with Crippen molar-refractivity contribution in [3.05, 3.63) is 35.4 Å². The average molecular weight is 216 g/mol. The van der Waals surface area contributed by atoms with E-state index in [9.17, 15) is 4.79 Å². The van der Waals surface area contributed by atoms with Gasteiger partial charge in [0.25, 0.3) is 0 Å². The number of carbonyl (C=O) groups excluding carboxylic acids is 1. The molecule has 0 bridgehead atoms. The summed E-state index contributed by atoms with van der Waals surface area (Å²) in [7, 11) is 0. The van der Waals surface area contributed by atoms with E-state index in [4.69, 9.17) is 0 Å². The quantitative estimate of drug-likeness (QED) is 0.703. The van der Waals surface area contributed by atoms with Crippen LogP contribution in [0.5, 0.6) is 0 Å². The maximum atomic E-state index is 10.6. The minimum Gasteiger partial charge on any atom is -0.303 e. The molecule has 0 N–H and O–H groups in total. The molecule has 1 aromatic carbocycles. The lowest BCUT2D eigenvalue weighted by Gasteiger charge is -2.07. The number of hydrogen-bond donors (Lipinski definition) is 0. The minimum atomic E-state index is 0.128. The Labute approximate surface area is 97.9 Å². The Morgan fingerprint density at radius 1 is 1.38 bits per heavy atom. The molecule has 1 aromatic rings. The van der Waals surface area contributed by atoms with Crippen molar-refractivity contribution in [3.8, 4) is 0 Å². The van der Waals surface area contributed by atoms with Crippen LogP contribution in [0.2, 0.25) is 0 Å². The molecule has 0 radical (unpaired) electrons. The van der Waals surface area contributed by atoms with Gasteiger partial charge in [-0.25, -0.2) is 0 Å². The molecule has 1 fully saturated rings. The predicted octanol–water partition coefficient (Wildman–Crippen LogP) is 3.58. The first-order valence-electron chi connectivity index (χ1n) is 6.07. The van der Waals surface area contributed by atoms with Crippen LogP contribution in [0.1, 0.15) is 44.2 Å². The lowest BCUT2D eigenvalue weighted by Crippen LogP contribution is -2.00. The molecule has 0 aliphatic heterocycles. The monoisotopic (exact) mass is 216 g/mol. The van der Waals surface area contributed by atoms with Gasteiger partial charge in [-0.15, -0.1) is 0 Å². The zero-order valence-electron chi connectivity index (χ0n) is 10.4. The molecule has 1 aliphatic rings. The lowest BCUT2D eigenvalue weighted by molar-refractivity contribution is -0.110. The smallest absolute Gasteiger partial charge is 0.123 e. The lowest BCUT2D eigenvalue weighted by atomic mass is 9.98. The van der Waals surface area contributed by atoms with E-state index in [1.54, 1.807) is 0 Å². The van der Waals surface area contributed by atoms with Crippen LogP contribution in [-0.2, 0) is 11.2 Å². The van der Waals surface area contributed by atoms with Crippen molar-refractivity contribution in [3.63, 3.8) is 0 Å². The first-order valence-corrected chi connectivity index (χ1v) is 6.07. The highest BCUT2D eigenvalue weighted by molar-refractivity contribution is 5.53. The molecule has 2 unspecified atom stereocenters. The van der Waals surface area contributed by atoms with Crippen LogP contribution in [0, 0.1) is 11.3 Å². The summed E-state index contributed by atoms with van der Waals surface area (Å²) >= 11 is 0. The van der Waals surface area contributed by atoms with Crippen molar-refractivity contribution >= 4 is 6.29 Å². The molecular weight excluding hydrogens is 196 g/mol. The van der Waals surface area contributed by atoms with Crippen LogP contribution in [0.15, 0.2) is 24.3 Å². The van der Waals surface area contributed by atoms with E-state index >= 15 is 0 Å². The van der Waals surface area contributed by atoms with Gasteiger partial charge in [0.2, 0.25) is 0 Å². The van der Waals surface area contributed by atoms with E-state index in [1.165, 1.54) is 17.5 Å². The summed E-state index contributed by atoms with van der Waals surface area (Å²) in [6.07, 6.45) is 3.19. The molecule has 16 heavy (non-hydrogen) atoms. The third-order valence-corrected chi connectivity index (χ3v) is 3.69. The summed E-state index contributed by atoms with van der Waals surface area (Å²) in [4.78, 5) is 10.6. The fraction of sp³-hybridized carbons (Fsp3) is 0.533. The van der Waals surface area contributed by atoms with Crippen molar-refractivity contribution in [1.82, 2.24) is 0 Å². The second-order valence-corrected chi connectivity index (χ2v) is 5.80. The molecule has 1 saturated carbocycles. The molecule has 2 atom stereocenters. The van der Waals surface area contributed by atoms with Gasteiger partial charge in [0.15, 0.2) is 0 Å². The number of aldehydes is 1. The molecule has 1 aliphatic carbocycles. The van der Waals surface area contributed by atoms with Gasteiger partial charge < -0.3 is 4.79 Å².